The predicted molar refractivity (Wildman–Crippen MR) is 61.5 cm³/mol. The average Bonchev–Trinajstić information content (AvgIpc) is 2.75. The van der Waals surface area contributed by atoms with E-state index < -0.39 is 0 Å². The number of rotatable bonds is 3. The second-order valence-corrected chi connectivity index (χ2v) is 4.23. The van der Waals surface area contributed by atoms with E-state index in [0.717, 1.165) is 17.2 Å². The van der Waals surface area contributed by atoms with E-state index in [9.17, 15) is 0 Å². The van der Waals surface area contributed by atoms with Gasteiger partial charge >= 0.3 is 0 Å². The molecule has 0 amide bonds. The Morgan fingerprint density at radius 2 is 2.50 bits per heavy atom. The van der Waals surface area contributed by atoms with Crippen molar-refractivity contribution in [3.8, 4) is 0 Å². The lowest BCUT2D eigenvalue weighted by atomic mass is 10.4. The van der Waals surface area contributed by atoms with E-state index in [0.29, 0.717) is 4.99 Å². The van der Waals surface area contributed by atoms with Crippen LogP contribution in [0.2, 0.25) is 0 Å². The van der Waals surface area contributed by atoms with Crippen molar-refractivity contribution < 1.29 is 0 Å². The van der Waals surface area contributed by atoms with Crippen LogP contribution >= 0.6 is 23.6 Å². The molecule has 0 bridgehead atoms. The zero-order chi connectivity index (χ0) is 9.97. The van der Waals surface area contributed by atoms with E-state index in [-0.39, 0.29) is 0 Å². The maximum atomic E-state index is 5.58. The maximum Gasteiger partial charge on any atom is 0.120 e. The van der Waals surface area contributed by atoms with Gasteiger partial charge in [0.1, 0.15) is 10.00 Å². The van der Waals surface area contributed by atoms with Crippen molar-refractivity contribution in [2.45, 2.75) is 6.54 Å². The molecule has 2 N–H and O–H groups in total. The molecular weight excluding hydrogens is 214 g/mol. The van der Waals surface area contributed by atoms with Gasteiger partial charge in [-0.05, 0) is 12.1 Å². The van der Waals surface area contributed by atoms with Crippen LogP contribution in [0.4, 0.5) is 0 Å². The first kappa shape index (κ1) is 9.36. The molecular formula is C9H9N3S2. The Morgan fingerprint density at radius 1 is 1.64 bits per heavy atom. The summed E-state index contributed by atoms with van der Waals surface area (Å²) in [5, 5.41) is 3.01. The molecule has 0 radical (unpaired) electrons. The number of hydrogen-bond donors (Lipinski definition) is 1. The van der Waals surface area contributed by atoms with E-state index in [4.69, 9.17) is 18.0 Å². The summed E-state index contributed by atoms with van der Waals surface area (Å²) in [5.74, 6) is 0. The summed E-state index contributed by atoms with van der Waals surface area (Å²) >= 11 is 6.56. The monoisotopic (exact) mass is 223 g/mol. The third kappa shape index (κ3) is 1.83. The quantitative estimate of drug-likeness (QED) is 0.804. The Balaban J connectivity index is 2.25. The third-order valence-corrected chi connectivity index (χ3v) is 2.84. The molecule has 2 aromatic rings. The van der Waals surface area contributed by atoms with E-state index >= 15 is 0 Å². The van der Waals surface area contributed by atoms with Crippen LogP contribution in [0.3, 0.4) is 0 Å². The number of aromatic nitrogens is 2. The van der Waals surface area contributed by atoms with E-state index in [1.54, 1.807) is 17.5 Å². The van der Waals surface area contributed by atoms with Gasteiger partial charge in [-0.25, -0.2) is 4.98 Å². The van der Waals surface area contributed by atoms with Crippen molar-refractivity contribution in [3.63, 3.8) is 0 Å². The number of thiazole rings is 1. The highest BCUT2D eigenvalue weighted by atomic mass is 32.1. The summed E-state index contributed by atoms with van der Waals surface area (Å²) in [4.78, 5) is 4.63. The highest BCUT2D eigenvalue weighted by Gasteiger charge is 2.04. The number of hydrogen-bond acceptors (Lipinski definition) is 3. The second kappa shape index (κ2) is 3.89. The molecule has 2 aromatic heterocycles. The van der Waals surface area contributed by atoms with Gasteiger partial charge in [0.15, 0.2) is 0 Å². The molecule has 0 saturated heterocycles. The molecule has 2 rings (SSSR count). The van der Waals surface area contributed by atoms with Gasteiger partial charge in [0.25, 0.3) is 0 Å². The van der Waals surface area contributed by atoms with Crippen molar-refractivity contribution >= 4 is 28.5 Å². The molecule has 72 valence electrons. The molecule has 0 saturated carbocycles. The Hall–Kier alpha value is -1.20. The summed E-state index contributed by atoms with van der Waals surface area (Å²) in [6.07, 6.45) is 3.75. The molecule has 0 aliphatic rings. The molecule has 3 nitrogen and oxygen atoms in total. The van der Waals surface area contributed by atoms with Crippen LogP contribution in [0.15, 0.2) is 29.9 Å². The van der Waals surface area contributed by atoms with Crippen LogP contribution < -0.4 is 5.73 Å². The largest absolute Gasteiger partial charge is 0.388 e. The molecule has 2 heterocycles. The molecule has 0 atom stereocenters. The van der Waals surface area contributed by atoms with Gasteiger partial charge in [-0.3, -0.25) is 0 Å². The zero-order valence-electron chi connectivity index (χ0n) is 7.38. The van der Waals surface area contributed by atoms with E-state index in [1.807, 2.05) is 28.3 Å². The molecule has 0 unspecified atom stereocenters. The minimum atomic E-state index is 0.423. The summed E-state index contributed by atoms with van der Waals surface area (Å²) in [5.41, 5.74) is 6.47. The van der Waals surface area contributed by atoms with Crippen molar-refractivity contribution in [1.82, 2.24) is 9.55 Å². The Kier molecular flexibility index (Phi) is 2.60. The second-order valence-electron chi connectivity index (χ2n) is 2.81. The lowest BCUT2D eigenvalue weighted by molar-refractivity contribution is 0.791. The molecule has 5 heteroatoms. The number of nitrogens with two attached hydrogens (primary N) is 1. The number of nitrogens with zero attached hydrogens (tertiary/aromatic N) is 2. The lowest BCUT2D eigenvalue weighted by Gasteiger charge is -2.04. The number of thiocarbonyl (C=S) groups is 1. The third-order valence-electron chi connectivity index (χ3n) is 1.87. The standard InChI is InChI=1S/C9H9N3S2/c10-9(13)7-2-1-4-12(7)6-8-11-3-5-14-8/h1-5H,6H2,(H2,10,13). The van der Waals surface area contributed by atoms with Gasteiger partial charge in [0.05, 0.1) is 12.2 Å². The zero-order valence-corrected chi connectivity index (χ0v) is 9.02. The van der Waals surface area contributed by atoms with Crippen LogP contribution in [-0.2, 0) is 6.54 Å². The molecule has 14 heavy (non-hydrogen) atoms. The lowest BCUT2D eigenvalue weighted by Crippen LogP contribution is -2.15. The topological polar surface area (TPSA) is 43.8 Å². The average molecular weight is 223 g/mol. The van der Waals surface area contributed by atoms with Gasteiger partial charge in [-0.2, -0.15) is 0 Å². The van der Waals surface area contributed by atoms with Crippen LogP contribution in [0, 0.1) is 0 Å². The fraction of sp³-hybridized carbons (Fsp3) is 0.111. The van der Waals surface area contributed by atoms with E-state index in [2.05, 4.69) is 4.98 Å². The smallest absolute Gasteiger partial charge is 0.120 e. The van der Waals surface area contributed by atoms with Crippen molar-refractivity contribution in [3.05, 3.63) is 40.6 Å². The highest BCUT2D eigenvalue weighted by molar-refractivity contribution is 7.80. The van der Waals surface area contributed by atoms with Crippen molar-refractivity contribution in [2.75, 3.05) is 0 Å². The Morgan fingerprint density at radius 3 is 3.14 bits per heavy atom. The summed E-state index contributed by atoms with van der Waals surface area (Å²) < 4.78 is 2.00. The molecule has 0 aliphatic heterocycles. The molecule has 0 spiro atoms. The van der Waals surface area contributed by atoms with Gasteiger partial charge in [0.2, 0.25) is 0 Å². The Bertz CT molecular complexity index is 431. The SMILES string of the molecule is NC(=S)c1cccn1Cc1nccs1. The first-order chi connectivity index (χ1) is 6.77. The van der Waals surface area contributed by atoms with Crippen LogP contribution in [0.1, 0.15) is 10.7 Å². The predicted octanol–water partition coefficient (Wildman–Crippen LogP) is 1.63. The van der Waals surface area contributed by atoms with Gasteiger partial charge in [-0.1, -0.05) is 12.2 Å². The van der Waals surface area contributed by atoms with Gasteiger partial charge in [-0.15, -0.1) is 11.3 Å². The first-order valence-corrected chi connectivity index (χ1v) is 5.39. The minimum Gasteiger partial charge on any atom is -0.388 e. The summed E-state index contributed by atoms with van der Waals surface area (Å²) in [7, 11) is 0. The molecule has 0 fully saturated rings. The van der Waals surface area contributed by atoms with Gasteiger partial charge in [0, 0.05) is 17.8 Å². The normalized spacial score (nSPS) is 10.3. The fourth-order valence-corrected chi connectivity index (χ4v) is 2.05. The Labute approximate surface area is 91.2 Å². The highest BCUT2D eigenvalue weighted by Crippen LogP contribution is 2.09. The fourth-order valence-electron chi connectivity index (χ4n) is 1.25. The van der Waals surface area contributed by atoms with Crippen LogP contribution in [0.25, 0.3) is 0 Å². The van der Waals surface area contributed by atoms with Crippen molar-refractivity contribution in [1.29, 1.82) is 0 Å². The first-order valence-electron chi connectivity index (χ1n) is 4.10. The summed E-state index contributed by atoms with van der Waals surface area (Å²) in [6, 6.07) is 3.85. The van der Waals surface area contributed by atoms with Crippen molar-refractivity contribution in [2.24, 2.45) is 5.73 Å². The molecule has 0 aliphatic carbocycles. The van der Waals surface area contributed by atoms with Gasteiger partial charge < -0.3 is 10.3 Å². The minimum absolute atomic E-state index is 0.423. The molecule has 0 aromatic carbocycles. The summed E-state index contributed by atoms with van der Waals surface area (Å²) in [6.45, 7) is 0.733. The van der Waals surface area contributed by atoms with Crippen LogP contribution in [-0.4, -0.2) is 14.5 Å². The maximum absolute atomic E-state index is 5.58. The van der Waals surface area contributed by atoms with Crippen LogP contribution in [0.5, 0.6) is 0 Å². The van der Waals surface area contributed by atoms with E-state index in [1.165, 1.54) is 0 Å².